The van der Waals surface area contributed by atoms with Crippen molar-refractivity contribution in [1.82, 2.24) is 0 Å². The molecule has 0 aromatic heterocycles. The van der Waals surface area contributed by atoms with Crippen LogP contribution in [0, 0.1) is 29.1 Å². The van der Waals surface area contributed by atoms with Gasteiger partial charge in [0.15, 0.2) is 0 Å². The number of benzene rings is 1. The van der Waals surface area contributed by atoms with Gasteiger partial charge in [-0.15, -0.1) is 0 Å². The number of rotatable bonds is 11. The number of hydrogen-bond donors (Lipinski definition) is 0. The lowest BCUT2D eigenvalue weighted by Gasteiger charge is -2.38. The normalized spacial score (nSPS) is 26.7. The van der Waals surface area contributed by atoms with Crippen molar-refractivity contribution in [3.8, 4) is 6.07 Å². The zero-order valence-corrected chi connectivity index (χ0v) is 20.0. The van der Waals surface area contributed by atoms with Gasteiger partial charge in [-0.25, -0.2) is 0 Å². The van der Waals surface area contributed by atoms with Crippen LogP contribution < -0.4 is 0 Å². The van der Waals surface area contributed by atoms with Gasteiger partial charge in [-0.1, -0.05) is 75.8 Å². The monoisotopic (exact) mass is 419 g/mol. The molecule has 2 saturated carbocycles. The van der Waals surface area contributed by atoms with Gasteiger partial charge in [0, 0.05) is 6.08 Å². The summed E-state index contributed by atoms with van der Waals surface area (Å²) in [6, 6.07) is 11.8. The number of unbranched alkanes of at least 4 members (excludes halogenated alkanes) is 4. The molecular weight excluding hydrogens is 374 g/mol. The molecule has 0 radical (unpaired) electrons. The zero-order chi connectivity index (χ0) is 21.7. The molecule has 0 aliphatic heterocycles. The summed E-state index contributed by atoms with van der Waals surface area (Å²) in [5.41, 5.74) is 3.14. The number of nitrogens with zero attached hydrogens (tertiary/aromatic N) is 1. The average Bonchev–Trinajstić information content (AvgIpc) is 2.83. The molecule has 0 bridgehead atoms. The van der Waals surface area contributed by atoms with Crippen LogP contribution in [0.4, 0.5) is 0 Å². The highest BCUT2D eigenvalue weighted by Gasteiger charge is 2.31. The summed E-state index contributed by atoms with van der Waals surface area (Å²) in [5.74, 6) is 3.68. The van der Waals surface area contributed by atoms with Crippen molar-refractivity contribution < 1.29 is 0 Å². The fourth-order valence-corrected chi connectivity index (χ4v) is 6.23. The first-order valence-corrected chi connectivity index (χ1v) is 13.4. The third kappa shape index (κ3) is 8.14. The molecule has 1 aromatic rings. The molecule has 2 fully saturated rings. The predicted molar refractivity (Wildman–Crippen MR) is 133 cm³/mol. The lowest BCUT2D eigenvalue weighted by atomic mass is 9.68. The minimum atomic E-state index is 0.804. The Hall–Kier alpha value is -1.55. The van der Waals surface area contributed by atoms with E-state index in [2.05, 4.69) is 37.3 Å². The van der Waals surface area contributed by atoms with Gasteiger partial charge in [0.05, 0.1) is 6.07 Å². The highest BCUT2D eigenvalue weighted by atomic mass is 14.4. The molecule has 2 aliphatic rings. The Bertz CT molecular complexity index is 663. The maximum atomic E-state index is 8.60. The number of aryl methyl sites for hydroxylation is 1. The molecule has 31 heavy (non-hydrogen) atoms. The van der Waals surface area contributed by atoms with Crippen molar-refractivity contribution in [3.63, 3.8) is 0 Å². The van der Waals surface area contributed by atoms with Crippen LogP contribution in [0.1, 0.15) is 120 Å². The van der Waals surface area contributed by atoms with Gasteiger partial charge in [-0.3, -0.25) is 0 Å². The summed E-state index contributed by atoms with van der Waals surface area (Å²) in [6.45, 7) is 2.29. The second kappa shape index (κ2) is 13.8. The summed E-state index contributed by atoms with van der Waals surface area (Å²) in [6.07, 6.45) is 25.6. The largest absolute Gasteiger partial charge is 0.193 e. The molecule has 170 valence electrons. The predicted octanol–water partition coefficient (Wildman–Crippen LogP) is 9.14. The summed E-state index contributed by atoms with van der Waals surface area (Å²) < 4.78 is 0. The maximum absolute atomic E-state index is 8.60. The quantitative estimate of drug-likeness (QED) is 0.259. The van der Waals surface area contributed by atoms with Crippen molar-refractivity contribution in [2.45, 2.75) is 116 Å². The molecule has 0 unspecified atom stereocenters. The topological polar surface area (TPSA) is 23.8 Å². The van der Waals surface area contributed by atoms with Crippen LogP contribution in [0.25, 0.3) is 0 Å². The van der Waals surface area contributed by atoms with E-state index in [4.69, 9.17) is 5.26 Å². The second-order valence-electron chi connectivity index (χ2n) is 10.4. The van der Waals surface area contributed by atoms with Crippen LogP contribution in [0.5, 0.6) is 0 Å². The number of nitriles is 1. The highest BCUT2D eigenvalue weighted by Crippen LogP contribution is 2.44. The summed E-state index contributed by atoms with van der Waals surface area (Å²) >= 11 is 0. The van der Waals surface area contributed by atoms with Crippen molar-refractivity contribution in [2.24, 2.45) is 17.8 Å². The van der Waals surface area contributed by atoms with E-state index in [0.29, 0.717) is 0 Å². The summed E-state index contributed by atoms with van der Waals surface area (Å²) in [5, 5.41) is 8.60. The van der Waals surface area contributed by atoms with Gasteiger partial charge in [-0.2, -0.15) is 5.26 Å². The third-order valence-corrected chi connectivity index (χ3v) is 8.28. The van der Waals surface area contributed by atoms with Crippen LogP contribution in [0.15, 0.2) is 36.4 Å². The molecule has 0 N–H and O–H groups in total. The van der Waals surface area contributed by atoms with Gasteiger partial charge in [-0.05, 0) is 99.0 Å². The van der Waals surface area contributed by atoms with Gasteiger partial charge in [0.1, 0.15) is 0 Å². The summed E-state index contributed by atoms with van der Waals surface area (Å²) in [7, 11) is 0. The molecule has 3 rings (SSSR count). The SMILES string of the molecule is CCCCCCCc1ccc([C@H]2CC[C@H]([C@H]3CC[C@H](CCC=CC#N)CC3)CC2)cc1. The van der Waals surface area contributed by atoms with Crippen molar-refractivity contribution in [1.29, 1.82) is 5.26 Å². The molecular formula is C30H45N. The minimum absolute atomic E-state index is 0.804. The van der Waals surface area contributed by atoms with Gasteiger partial charge < -0.3 is 0 Å². The van der Waals surface area contributed by atoms with Crippen molar-refractivity contribution in [3.05, 3.63) is 47.5 Å². The summed E-state index contributed by atoms with van der Waals surface area (Å²) in [4.78, 5) is 0. The van der Waals surface area contributed by atoms with E-state index in [1.165, 1.54) is 102 Å². The fraction of sp³-hybridized carbons (Fsp3) is 0.700. The van der Waals surface area contributed by atoms with E-state index >= 15 is 0 Å². The molecule has 0 heterocycles. The molecule has 1 heteroatoms. The Balaban J connectivity index is 1.34. The van der Waals surface area contributed by atoms with Crippen molar-refractivity contribution in [2.75, 3.05) is 0 Å². The van der Waals surface area contributed by atoms with Crippen LogP contribution in [0.2, 0.25) is 0 Å². The molecule has 0 spiro atoms. The van der Waals surface area contributed by atoms with Gasteiger partial charge in [0.25, 0.3) is 0 Å². The van der Waals surface area contributed by atoms with Gasteiger partial charge in [0.2, 0.25) is 0 Å². The lowest BCUT2D eigenvalue weighted by Crippen LogP contribution is -2.25. The molecule has 1 aromatic carbocycles. The Labute approximate surface area is 192 Å². The molecule has 0 atom stereocenters. The molecule has 0 amide bonds. The van der Waals surface area contributed by atoms with Crippen LogP contribution in [0.3, 0.4) is 0 Å². The van der Waals surface area contributed by atoms with E-state index in [9.17, 15) is 0 Å². The number of hydrogen-bond acceptors (Lipinski definition) is 1. The van der Waals surface area contributed by atoms with E-state index in [1.54, 1.807) is 11.6 Å². The second-order valence-corrected chi connectivity index (χ2v) is 10.4. The van der Waals surface area contributed by atoms with Crippen LogP contribution >= 0.6 is 0 Å². The van der Waals surface area contributed by atoms with E-state index in [0.717, 1.165) is 30.1 Å². The first-order chi connectivity index (χ1) is 15.3. The van der Waals surface area contributed by atoms with Crippen molar-refractivity contribution >= 4 is 0 Å². The minimum Gasteiger partial charge on any atom is -0.193 e. The molecule has 1 nitrogen and oxygen atoms in total. The third-order valence-electron chi connectivity index (χ3n) is 8.28. The first kappa shape index (κ1) is 24.1. The van der Waals surface area contributed by atoms with Crippen LogP contribution in [-0.2, 0) is 6.42 Å². The Kier molecular flexibility index (Phi) is 10.7. The Morgan fingerprint density at radius 2 is 1.48 bits per heavy atom. The average molecular weight is 420 g/mol. The molecule has 0 saturated heterocycles. The van der Waals surface area contributed by atoms with E-state index in [1.807, 2.05) is 6.08 Å². The van der Waals surface area contributed by atoms with E-state index < -0.39 is 0 Å². The lowest BCUT2D eigenvalue weighted by molar-refractivity contribution is 0.157. The number of allylic oxidation sites excluding steroid dienone is 2. The van der Waals surface area contributed by atoms with Crippen LogP contribution in [-0.4, -0.2) is 0 Å². The van der Waals surface area contributed by atoms with Gasteiger partial charge >= 0.3 is 0 Å². The first-order valence-electron chi connectivity index (χ1n) is 13.4. The Morgan fingerprint density at radius 1 is 0.839 bits per heavy atom. The van der Waals surface area contributed by atoms with E-state index in [-0.39, 0.29) is 0 Å². The standard InChI is InChI=1S/C30H45N/c1-2-3-4-5-7-10-25-12-16-27(17-13-25)29-20-22-30(23-21-29)28-18-14-26(15-19-28)11-8-6-9-24-31/h6,9,12-13,16-17,26,28-30H,2-5,7-8,10-11,14-15,18-23H2,1H3/t26-,28-,29-,30-. The highest BCUT2D eigenvalue weighted by molar-refractivity contribution is 5.26. The zero-order valence-electron chi connectivity index (χ0n) is 20.0. The maximum Gasteiger partial charge on any atom is 0.0908 e. The Morgan fingerprint density at radius 3 is 2.13 bits per heavy atom. The molecule has 2 aliphatic carbocycles. The fourth-order valence-electron chi connectivity index (χ4n) is 6.23. The smallest absolute Gasteiger partial charge is 0.0908 e.